The lowest BCUT2D eigenvalue weighted by atomic mass is 10.1. The smallest absolute Gasteiger partial charge is 0.0710 e. The summed E-state index contributed by atoms with van der Waals surface area (Å²) in [4.78, 5) is 0. The van der Waals surface area contributed by atoms with E-state index in [0.717, 1.165) is 13.0 Å². The molecule has 0 bridgehead atoms. The van der Waals surface area contributed by atoms with Gasteiger partial charge in [0.15, 0.2) is 0 Å². The first-order chi connectivity index (χ1) is 4.86. The molecule has 11 heavy (non-hydrogen) atoms. The van der Waals surface area contributed by atoms with E-state index in [-0.39, 0.29) is 12.4 Å². The number of ether oxygens (including phenoxy) is 1. The maximum absolute atomic E-state index is 8.35. The van der Waals surface area contributed by atoms with E-state index in [9.17, 15) is 0 Å². The van der Waals surface area contributed by atoms with Crippen LogP contribution in [0.2, 0.25) is 0 Å². The standard InChI is InChI=1S/C7H12N2O.ClH/c1-10-7-4-6(2-3-8)9-5-7;/h6-7,9H,2,4-5H2,1H3;1H/t6-,7+;/m0./s1. The number of hydrogen-bond acceptors (Lipinski definition) is 3. The van der Waals surface area contributed by atoms with Crippen LogP contribution in [0.3, 0.4) is 0 Å². The Bertz CT molecular complexity index is 146. The van der Waals surface area contributed by atoms with Crippen LogP contribution < -0.4 is 5.32 Å². The molecule has 1 fully saturated rings. The maximum atomic E-state index is 8.35. The Hall–Kier alpha value is -0.300. The molecule has 0 saturated carbocycles. The third-order valence-corrected chi connectivity index (χ3v) is 1.85. The number of nitriles is 1. The summed E-state index contributed by atoms with van der Waals surface area (Å²) in [5.41, 5.74) is 0. The van der Waals surface area contributed by atoms with Gasteiger partial charge in [0.1, 0.15) is 0 Å². The minimum absolute atomic E-state index is 0. The Morgan fingerprint density at radius 3 is 2.91 bits per heavy atom. The minimum atomic E-state index is 0. The van der Waals surface area contributed by atoms with Gasteiger partial charge in [0.2, 0.25) is 0 Å². The highest BCUT2D eigenvalue weighted by atomic mass is 35.5. The average Bonchev–Trinajstić information content (AvgIpc) is 2.37. The van der Waals surface area contributed by atoms with E-state index in [2.05, 4.69) is 11.4 Å². The molecule has 1 saturated heterocycles. The highest BCUT2D eigenvalue weighted by molar-refractivity contribution is 5.85. The van der Waals surface area contributed by atoms with Crippen molar-refractivity contribution in [3.8, 4) is 6.07 Å². The van der Waals surface area contributed by atoms with Crippen molar-refractivity contribution in [2.75, 3.05) is 13.7 Å². The molecule has 64 valence electrons. The Labute approximate surface area is 73.1 Å². The molecule has 1 aliphatic heterocycles. The first-order valence-corrected chi connectivity index (χ1v) is 3.50. The lowest BCUT2D eigenvalue weighted by Crippen LogP contribution is -2.20. The minimum Gasteiger partial charge on any atom is -0.380 e. The van der Waals surface area contributed by atoms with Crippen molar-refractivity contribution in [2.24, 2.45) is 0 Å². The molecule has 0 aliphatic carbocycles. The second-order valence-electron chi connectivity index (χ2n) is 2.56. The zero-order valence-electron chi connectivity index (χ0n) is 6.54. The molecule has 0 spiro atoms. The number of nitrogens with one attached hydrogen (secondary N) is 1. The van der Waals surface area contributed by atoms with Gasteiger partial charge in [-0.3, -0.25) is 0 Å². The fraction of sp³-hybridized carbons (Fsp3) is 0.857. The molecule has 0 amide bonds. The zero-order valence-corrected chi connectivity index (χ0v) is 7.36. The normalized spacial score (nSPS) is 29.1. The van der Waals surface area contributed by atoms with Gasteiger partial charge in [-0.2, -0.15) is 5.26 Å². The van der Waals surface area contributed by atoms with Crippen molar-refractivity contribution >= 4 is 12.4 Å². The van der Waals surface area contributed by atoms with Crippen LogP contribution in [0.1, 0.15) is 12.8 Å². The summed E-state index contributed by atoms with van der Waals surface area (Å²) >= 11 is 0. The highest BCUT2D eigenvalue weighted by Crippen LogP contribution is 2.11. The first kappa shape index (κ1) is 10.7. The van der Waals surface area contributed by atoms with E-state index in [1.54, 1.807) is 7.11 Å². The summed E-state index contributed by atoms with van der Waals surface area (Å²) in [5, 5.41) is 11.6. The fourth-order valence-electron chi connectivity index (χ4n) is 1.23. The van der Waals surface area contributed by atoms with Crippen molar-refractivity contribution in [2.45, 2.75) is 25.0 Å². The summed E-state index contributed by atoms with van der Waals surface area (Å²) in [6.45, 7) is 0.892. The van der Waals surface area contributed by atoms with Crippen molar-refractivity contribution in [3.05, 3.63) is 0 Å². The SMILES string of the molecule is CO[C@H]1CN[C@@H](CC#N)C1.Cl. The summed E-state index contributed by atoms with van der Waals surface area (Å²) in [6.07, 6.45) is 1.89. The van der Waals surface area contributed by atoms with Crippen molar-refractivity contribution in [1.29, 1.82) is 5.26 Å². The Kier molecular flexibility index (Phi) is 5.22. The topological polar surface area (TPSA) is 45.0 Å². The van der Waals surface area contributed by atoms with E-state index < -0.39 is 0 Å². The molecule has 1 aliphatic rings. The maximum Gasteiger partial charge on any atom is 0.0710 e. The van der Waals surface area contributed by atoms with Gasteiger partial charge >= 0.3 is 0 Å². The molecule has 0 unspecified atom stereocenters. The van der Waals surface area contributed by atoms with Crippen molar-refractivity contribution < 1.29 is 4.74 Å². The van der Waals surface area contributed by atoms with Gasteiger partial charge in [0, 0.05) is 19.7 Å². The molecule has 1 N–H and O–H groups in total. The zero-order chi connectivity index (χ0) is 7.40. The van der Waals surface area contributed by atoms with E-state index >= 15 is 0 Å². The lowest BCUT2D eigenvalue weighted by molar-refractivity contribution is 0.117. The summed E-state index contributed by atoms with van der Waals surface area (Å²) in [5.74, 6) is 0. The molecule has 0 aromatic heterocycles. The molecular formula is C7H13ClN2O. The van der Waals surface area contributed by atoms with E-state index in [4.69, 9.17) is 10.00 Å². The van der Waals surface area contributed by atoms with Crippen LogP contribution in [0, 0.1) is 11.3 Å². The van der Waals surface area contributed by atoms with Crippen LogP contribution in [0.4, 0.5) is 0 Å². The van der Waals surface area contributed by atoms with E-state index in [1.807, 2.05) is 0 Å². The Morgan fingerprint density at radius 1 is 1.73 bits per heavy atom. The Morgan fingerprint density at radius 2 is 2.45 bits per heavy atom. The highest BCUT2D eigenvalue weighted by Gasteiger charge is 2.22. The Balaban J connectivity index is 0.000001000. The van der Waals surface area contributed by atoms with Crippen LogP contribution in [-0.4, -0.2) is 25.8 Å². The van der Waals surface area contributed by atoms with Crippen molar-refractivity contribution in [3.63, 3.8) is 0 Å². The van der Waals surface area contributed by atoms with Gasteiger partial charge < -0.3 is 10.1 Å². The molecule has 0 aromatic carbocycles. The van der Waals surface area contributed by atoms with Crippen LogP contribution in [0.5, 0.6) is 0 Å². The van der Waals surface area contributed by atoms with Gasteiger partial charge in [0.05, 0.1) is 18.6 Å². The fourth-order valence-corrected chi connectivity index (χ4v) is 1.23. The van der Waals surface area contributed by atoms with Crippen LogP contribution >= 0.6 is 12.4 Å². The molecule has 3 nitrogen and oxygen atoms in total. The molecule has 2 atom stereocenters. The van der Waals surface area contributed by atoms with Gasteiger partial charge in [-0.05, 0) is 6.42 Å². The monoisotopic (exact) mass is 176 g/mol. The van der Waals surface area contributed by atoms with Crippen LogP contribution in [0.25, 0.3) is 0 Å². The number of hydrogen-bond donors (Lipinski definition) is 1. The van der Waals surface area contributed by atoms with Crippen LogP contribution in [-0.2, 0) is 4.74 Å². The molecule has 4 heteroatoms. The molecular weight excluding hydrogens is 164 g/mol. The lowest BCUT2D eigenvalue weighted by Gasteiger charge is -2.04. The van der Waals surface area contributed by atoms with Gasteiger partial charge in [-0.1, -0.05) is 0 Å². The van der Waals surface area contributed by atoms with Gasteiger partial charge in [0.25, 0.3) is 0 Å². The predicted octanol–water partition coefficient (Wildman–Crippen LogP) is 0.699. The average molecular weight is 177 g/mol. The third-order valence-electron chi connectivity index (χ3n) is 1.85. The van der Waals surface area contributed by atoms with Crippen molar-refractivity contribution in [1.82, 2.24) is 5.32 Å². The van der Waals surface area contributed by atoms with Gasteiger partial charge in [-0.15, -0.1) is 12.4 Å². The predicted molar refractivity (Wildman–Crippen MR) is 44.7 cm³/mol. The molecule has 0 aromatic rings. The molecule has 0 radical (unpaired) electrons. The first-order valence-electron chi connectivity index (χ1n) is 3.50. The number of methoxy groups -OCH3 is 1. The molecule has 1 heterocycles. The number of nitrogens with zero attached hydrogens (tertiary/aromatic N) is 1. The second-order valence-corrected chi connectivity index (χ2v) is 2.56. The third kappa shape index (κ3) is 3.06. The summed E-state index contributed by atoms with van der Waals surface area (Å²) < 4.78 is 5.12. The number of halogens is 1. The largest absolute Gasteiger partial charge is 0.380 e. The summed E-state index contributed by atoms with van der Waals surface area (Å²) in [6, 6.07) is 2.49. The number of rotatable bonds is 2. The molecule has 1 rings (SSSR count). The quantitative estimate of drug-likeness (QED) is 0.674. The second kappa shape index (κ2) is 5.36. The van der Waals surface area contributed by atoms with Crippen LogP contribution in [0.15, 0.2) is 0 Å². The summed E-state index contributed by atoms with van der Waals surface area (Å²) in [7, 11) is 1.71. The van der Waals surface area contributed by atoms with Gasteiger partial charge in [-0.25, -0.2) is 0 Å². The van der Waals surface area contributed by atoms with E-state index in [1.165, 1.54) is 0 Å². The van der Waals surface area contributed by atoms with E-state index in [0.29, 0.717) is 18.6 Å².